The minimum absolute atomic E-state index is 0.0750. The van der Waals surface area contributed by atoms with E-state index in [0.717, 1.165) is 17.4 Å². The van der Waals surface area contributed by atoms with Crippen LogP contribution in [0.1, 0.15) is 26.3 Å². The summed E-state index contributed by atoms with van der Waals surface area (Å²) in [6.07, 6.45) is 0. The Bertz CT molecular complexity index is 869. The van der Waals surface area contributed by atoms with Crippen LogP contribution >= 0.6 is 8.58 Å². The number of hydrogen-bond donors (Lipinski definition) is 2. The van der Waals surface area contributed by atoms with Crippen molar-refractivity contribution in [3.05, 3.63) is 78.4 Å². The number of benzene rings is 3. The molecule has 26 heavy (non-hydrogen) atoms. The zero-order chi connectivity index (χ0) is 18.6. The lowest BCUT2D eigenvalue weighted by Gasteiger charge is -2.22. The van der Waals surface area contributed by atoms with Crippen LogP contribution in [0.25, 0.3) is 11.1 Å². The zero-order valence-corrected chi connectivity index (χ0v) is 16.6. The van der Waals surface area contributed by atoms with Crippen molar-refractivity contribution in [3.8, 4) is 16.9 Å². The third kappa shape index (κ3) is 4.94. The molecule has 0 aliphatic rings. The summed E-state index contributed by atoms with van der Waals surface area (Å²) in [6, 6.07) is 24.7. The number of rotatable bonds is 5. The predicted molar refractivity (Wildman–Crippen MR) is 114 cm³/mol. The Labute approximate surface area is 158 Å². The Balaban J connectivity index is 1.87. The van der Waals surface area contributed by atoms with E-state index in [4.69, 9.17) is 0 Å². The van der Waals surface area contributed by atoms with Gasteiger partial charge in [-0.1, -0.05) is 69.2 Å². The topological polar surface area (TPSA) is 32.3 Å². The second-order valence-corrected chi connectivity index (χ2v) is 8.81. The number of hydrogen-bond acceptors (Lipinski definition) is 2. The molecule has 3 rings (SSSR count). The van der Waals surface area contributed by atoms with Crippen LogP contribution in [0, 0.1) is 0 Å². The van der Waals surface area contributed by atoms with Crippen molar-refractivity contribution < 1.29 is 5.11 Å². The molecule has 134 valence electrons. The first-order valence-corrected chi connectivity index (χ1v) is 9.91. The fourth-order valence-corrected chi connectivity index (χ4v) is 3.99. The highest BCUT2D eigenvalue weighted by Crippen LogP contribution is 2.26. The normalized spacial score (nSPS) is 12.0. The molecule has 2 N–H and O–H groups in total. The summed E-state index contributed by atoms with van der Waals surface area (Å²) in [5, 5.41) is 16.2. The van der Waals surface area contributed by atoms with Gasteiger partial charge >= 0.3 is 0 Å². The summed E-state index contributed by atoms with van der Waals surface area (Å²) in [5.74, 6) is 0.363. The van der Waals surface area contributed by atoms with Crippen molar-refractivity contribution in [1.82, 2.24) is 5.32 Å². The van der Waals surface area contributed by atoms with Crippen molar-refractivity contribution in [2.24, 2.45) is 0 Å². The van der Waals surface area contributed by atoms with Crippen molar-refractivity contribution in [1.29, 1.82) is 0 Å². The molecule has 0 fully saturated rings. The van der Waals surface area contributed by atoms with Crippen LogP contribution in [0.5, 0.6) is 5.75 Å². The number of nitrogens with one attached hydrogen (secondary N) is 1. The molecular formula is C23H26NOP. The number of aromatic hydroxyl groups is 1. The largest absolute Gasteiger partial charge is 0.507 e. The second-order valence-electron chi connectivity index (χ2n) is 7.48. The smallest absolute Gasteiger partial charge is 0.123 e. The van der Waals surface area contributed by atoms with Crippen molar-refractivity contribution in [3.63, 3.8) is 0 Å². The third-order valence-electron chi connectivity index (χ3n) is 4.20. The maximum atomic E-state index is 10.4. The van der Waals surface area contributed by atoms with Gasteiger partial charge in [-0.15, -0.1) is 0 Å². The van der Waals surface area contributed by atoms with Gasteiger partial charge in [0.1, 0.15) is 5.75 Å². The molecule has 3 aromatic carbocycles. The van der Waals surface area contributed by atoms with Crippen LogP contribution in [0.3, 0.4) is 0 Å². The Morgan fingerprint density at radius 2 is 1.50 bits per heavy atom. The lowest BCUT2D eigenvalue weighted by Crippen LogP contribution is -2.36. The molecule has 0 aliphatic heterocycles. The maximum absolute atomic E-state index is 10.4. The SMILES string of the molecule is CC(C)(C)NCc1ccccc1Pc1cc(-c2ccccc2)ccc1O. The average molecular weight is 363 g/mol. The highest BCUT2D eigenvalue weighted by Gasteiger charge is 2.12. The van der Waals surface area contributed by atoms with Gasteiger partial charge in [0.15, 0.2) is 0 Å². The summed E-state index contributed by atoms with van der Waals surface area (Å²) < 4.78 is 0. The molecule has 1 atom stereocenters. The van der Waals surface area contributed by atoms with Crippen molar-refractivity contribution >= 4 is 19.2 Å². The summed E-state index contributed by atoms with van der Waals surface area (Å²) >= 11 is 0. The van der Waals surface area contributed by atoms with Crippen LogP contribution in [-0.2, 0) is 6.54 Å². The molecule has 0 radical (unpaired) electrons. The Hall–Kier alpha value is -2.15. The molecule has 0 spiro atoms. The lowest BCUT2D eigenvalue weighted by atomic mass is 10.1. The van der Waals surface area contributed by atoms with E-state index in [-0.39, 0.29) is 5.54 Å². The summed E-state index contributed by atoms with van der Waals surface area (Å²) in [7, 11) is 0.419. The van der Waals surface area contributed by atoms with Gasteiger partial charge in [-0.25, -0.2) is 0 Å². The van der Waals surface area contributed by atoms with Gasteiger partial charge < -0.3 is 10.4 Å². The minimum Gasteiger partial charge on any atom is -0.507 e. The minimum atomic E-state index is 0.0750. The molecule has 0 amide bonds. The summed E-state index contributed by atoms with van der Waals surface area (Å²) in [6.45, 7) is 7.35. The van der Waals surface area contributed by atoms with Crippen LogP contribution in [0.4, 0.5) is 0 Å². The first-order chi connectivity index (χ1) is 12.4. The zero-order valence-electron chi connectivity index (χ0n) is 15.6. The van der Waals surface area contributed by atoms with E-state index in [2.05, 4.69) is 68.6 Å². The first kappa shape index (κ1) is 18.6. The maximum Gasteiger partial charge on any atom is 0.123 e. The van der Waals surface area contributed by atoms with Crippen LogP contribution in [-0.4, -0.2) is 10.6 Å². The standard InChI is InChI=1S/C23H26NOP/c1-23(2,3)24-16-19-11-7-8-12-21(19)26-22-15-18(13-14-20(22)25)17-9-5-4-6-10-17/h4-15,24-26H,16H2,1-3H3. The third-order valence-corrected chi connectivity index (χ3v) is 5.63. The quantitative estimate of drug-likeness (QED) is 0.651. The van der Waals surface area contributed by atoms with Gasteiger partial charge in [0.05, 0.1) is 0 Å². The van der Waals surface area contributed by atoms with Crippen LogP contribution in [0.2, 0.25) is 0 Å². The molecule has 1 unspecified atom stereocenters. The van der Waals surface area contributed by atoms with E-state index >= 15 is 0 Å². The van der Waals surface area contributed by atoms with Crippen LogP contribution < -0.4 is 15.9 Å². The highest BCUT2D eigenvalue weighted by atomic mass is 31.1. The summed E-state index contributed by atoms with van der Waals surface area (Å²) in [5.41, 5.74) is 3.66. The molecule has 0 heterocycles. The molecule has 0 aliphatic carbocycles. The van der Waals surface area contributed by atoms with E-state index < -0.39 is 0 Å². The van der Waals surface area contributed by atoms with Crippen molar-refractivity contribution in [2.45, 2.75) is 32.9 Å². The Morgan fingerprint density at radius 3 is 2.23 bits per heavy atom. The Morgan fingerprint density at radius 1 is 0.808 bits per heavy atom. The molecule has 3 heteroatoms. The molecule has 2 nitrogen and oxygen atoms in total. The number of phenolic OH excluding ortho intramolecular Hbond substituents is 1. The van der Waals surface area contributed by atoms with Gasteiger partial charge in [0.25, 0.3) is 0 Å². The Kier molecular flexibility index (Phi) is 5.76. The van der Waals surface area contributed by atoms with Gasteiger partial charge in [0.2, 0.25) is 0 Å². The molecule has 3 aromatic rings. The monoisotopic (exact) mass is 363 g/mol. The van der Waals surface area contributed by atoms with Gasteiger partial charge in [0, 0.05) is 17.4 Å². The molecule has 0 bridgehead atoms. The lowest BCUT2D eigenvalue weighted by molar-refractivity contribution is 0.425. The highest BCUT2D eigenvalue weighted by molar-refractivity contribution is 7.55. The predicted octanol–water partition coefficient (Wildman–Crippen LogP) is 4.58. The van der Waals surface area contributed by atoms with E-state index in [1.54, 1.807) is 6.07 Å². The van der Waals surface area contributed by atoms with E-state index in [9.17, 15) is 5.11 Å². The molecule has 0 saturated heterocycles. The molecule has 0 saturated carbocycles. The van der Waals surface area contributed by atoms with E-state index in [0.29, 0.717) is 14.3 Å². The fraction of sp³-hybridized carbons (Fsp3) is 0.217. The fourth-order valence-electron chi connectivity index (χ4n) is 2.75. The van der Waals surface area contributed by atoms with Crippen molar-refractivity contribution in [2.75, 3.05) is 0 Å². The van der Waals surface area contributed by atoms with Crippen LogP contribution in [0.15, 0.2) is 72.8 Å². The average Bonchev–Trinajstić information content (AvgIpc) is 2.63. The molecule has 0 aromatic heterocycles. The molecular weight excluding hydrogens is 337 g/mol. The van der Waals surface area contributed by atoms with Gasteiger partial charge in [-0.05, 0) is 54.9 Å². The van der Waals surface area contributed by atoms with Gasteiger partial charge in [-0.3, -0.25) is 0 Å². The summed E-state index contributed by atoms with van der Waals surface area (Å²) in [4.78, 5) is 0. The van der Waals surface area contributed by atoms with E-state index in [1.165, 1.54) is 16.4 Å². The van der Waals surface area contributed by atoms with Gasteiger partial charge in [-0.2, -0.15) is 0 Å². The second kappa shape index (κ2) is 8.03. The number of phenols is 1. The first-order valence-electron chi connectivity index (χ1n) is 8.91. The van der Waals surface area contributed by atoms with E-state index in [1.807, 2.05) is 24.3 Å².